The minimum atomic E-state index is -0.438. The minimum absolute atomic E-state index is 0.411. The van der Waals surface area contributed by atoms with Crippen LogP contribution >= 0.6 is 0 Å². The van der Waals surface area contributed by atoms with Gasteiger partial charge in [0.1, 0.15) is 5.75 Å². The van der Waals surface area contributed by atoms with Crippen LogP contribution in [-0.4, -0.2) is 39.9 Å². The first-order valence-electron chi connectivity index (χ1n) is 8.68. The number of methoxy groups -OCH3 is 2. The summed E-state index contributed by atoms with van der Waals surface area (Å²) in [4.78, 5) is 21.2. The van der Waals surface area contributed by atoms with Gasteiger partial charge in [-0.05, 0) is 35.9 Å². The summed E-state index contributed by atoms with van der Waals surface area (Å²) in [5.74, 6) is 0.234. The topological polar surface area (TPSA) is 79.1 Å². The lowest BCUT2D eigenvalue weighted by molar-refractivity contribution is 0.0603. The van der Waals surface area contributed by atoms with Gasteiger partial charge in [-0.1, -0.05) is 12.1 Å². The van der Waals surface area contributed by atoms with E-state index in [1.165, 1.54) is 7.11 Å². The molecule has 3 aromatic heterocycles. The molecule has 0 atom stereocenters. The predicted molar refractivity (Wildman–Crippen MR) is 104 cm³/mol. The van der Waals surface area contributed by atoms with Gasteiger partial charge in [-0.25, -0.2) is 14.5 Å². The molecule has 7 heteroatoms. The van der Waals surface area contributed by atoms with Crippen molar-refractivity contribution < 1.29 is 14.3 Å². The molecule has 0 saturated heterocycles. The second-order valence-electron chi connectivity index (χ2n) is 6.14. The molecule has 140 valence electrons. The highest BCUT2D eigenvalue weighted by atomic mass is 16.5. The molecule has 4 rings (SSSR count). The van der Waals surface area contributed by atoms with Crippen LogP contribution in [0.25, 0.3) is 22.3 Å². The van der Waals surface area contributed by atoms with Gasteiger partial charge in [-0.3, -0.25) is 4.98 Å². The molecule has 0 aliphatic carbocycles. The summed E-state index contributed by atoms with van der Waals surface area (Å²) in [5.41, 5.74) is 3.44. The van der Waals surface area contributed by atoms with E-state index in [9.17, 15) is 4.79 Å². The van der Waals surface area contributed by atoms with Crippen LogP contribution in [0, 0.1) is 0 Å². The maximum atomic E-state index is 12.4. The molecule has 0 aliphatic heterocycles. The van der Waals surface area contributed by atoms with Gasteiger partial charge in [-0.15, -0.1) is 0 Å². The highest BCUT2D eigenvalue weighted by Crippen LogP contribution is 2.31. The maximum Gasteiger partial charge on any atom is 0.338 e. The predicted octanol–water partition coefficient (Wildman–Crippen LogP) is 3.34. The second-order valence-corrected chi connectivity index (χ2v) is 6.14. The van der Waals surface area contributed by atoms with Crippen molar-refractivity contribution in [1.82, 2.24) is 19.7 Å². The fraction of sp³-hybridized carbons (Fsp3) is 0.143. The number of esters is 1. The average molecular weight is 374 g/mol. The number of aromatic nitrogens is 4. The van der Waals surface area contributed by atoms with Crippen molar-refractivity contribution in [1.29, 1.82) is 0 Å². The van der Waals surface area contributed by atoms with E-state index in [-0.39, 0.29) is 0 Å². The lowest BCUT2D eigenvalue weighted by atomic mass is 10.1. The minimum Gasteiger partial charge on any atom is -0.496 e. The molecule has 4 aromatic rings. The number of benzene rings is 1. The number of carbonyl (C=O) groups is 1. The summed E-state index contributed by atoms with van der Waals surface area (Å²) in [5, 5.41) is 5.08. The first-order chi connectivity index (χ1) is 13.7. The van der Waals surface area contributed by atoms with E-state index < -0.39 is 5.97 Å². The molecule has 1 aromatic carbocycles. The summed E-state index contributed by atoms with van der Waals surface area (Å²) in [7, 11) is 2.96. The Labute approximate surface area is 161 Å². The molecule has 7 nitrogen and oxygen atoms in total. The molecule has 0 fully saturated rings. The molecule has 0 aliphatic rings. The smallest absolute Gasteiger partial charge is 0.338 e. The third kappa shape index (κ3) is 3.18. The highest BCUT2D eigenvalue weighted by molar-refractivity contribution is 6.03. The van der Waals surface area contributed by atoms with Gasteiger partial charge in [0.25, 0.3) is 0 Å². The zero-order chi connectivity index (χ0) is 19.5. The van der Waals surface area contributed by atoms with Crippen LogP contribution in [0.1, 0.15) is 15.9 Å². The van der Waals surface area contributed by atoms with Crippen LogP contribution in [-0.2, 0) is 11.3 Å². The largest absolute Gasteiger partial charge is 0.496 e. The van der Waals surface area contributed by atoms with E-state index in [1.807, 2.05) is 36.4 Å². The number of carbonyl (C=O) groups excluding carboxylic acids is 1. The molecule has 0 spiro atoms. The quantitative estimate of drug-likeness (QED) is 0.499. The Bertz CT molecular complexity index is 1140. The lowest BCUT2D eigenvalue weighted by Crippen LogP contribution is -2.06. The fourth-order valence-corrected chi connectivity index (χ4v) is 3.10. The first kappa shape index (κ1) is 17.7. The van der Waals surface area contributed by atoms with E-state index in [0.29, 0.717) is 34.6 Å². The fourth-order valence-electron chi connectivity index (χ4n) is 3.10. The van der Waals surface area contributed by atoms with Crippen LogP contribution in [0.5, 0.6) is 5.75 Å². The standard InChI is InChI=1S/C21H18N4O3/c1-27-19-6-4-3-5-15(19)18-11-16(21(26)28-2)17-12-23-25(20(17)24-18)13-14-7-9-22-10-8-14/h3-12H,13H2,1-2H3. The lowest BCUT2D eigenvalue weighted by Gasteiger charge is -2.11. The van der Waals surface area contributed by atoms with Crippen LogP contribution < -0.4 is 4.74 Å². The number of para-hydroxylation sites is 1. The van der Waals surface area contributed by atoms with Gasteiger partial charge in [0, 0.05) is 18.0 Å². The Balaban J connectivity index is 1.91. The van der Waals surface area contributed by atoms with Crippen LogP contribution in [0.15, 0.2) is 61.1 Å². The molecule has 0 radical (unpaired) electrons. The van der Waals surface area contributed by atoms with Crippen molar-refractivity contribution in [2.75, 3.05) is 14.2 Å². The van der Waals surface area contributed by atoms with Crippen molar-refractivity contribution in [2.45, 2.75) is 6.54 Å². The molecular weight excluding hydrogens is 356 g/mol. The van der Waals surface area contributed by atoms with E-state index in [2.05, 4.69) is 10.1 Å². The number of hydrogen-bond donors (Lipinski definition) is 0. The van der Waals surface area contributed by atoms with Crippen molar-refractivity contribution in [2.24, 2.45) is 0 Å². The summed E-state index contributed by atoms with van der Waals surface area (Å²) < 4.78 is 12.2. The summed E-state index contributed by atoms with van der Waals surface area (Å²) in [6.45, 7) is 0.509. The molecular formula is C21H18N4O3. The Morgan fingerprint density at radius 3 is 2.64 bits per heavy atom. The number of fused-ring (bicyclic) bond motifs is 1. The third-order valence-electron chi connectivity index (χ3n) is 4.48. The monoisotopic (exact) mass is 374 g/mol. The van der Waals surface area contributed by atoms with E-state index >= 15 is 0 Å². The second kappa shape index (κ2) is 7.48. The molecule has 0 amide bonds. The van der Waals surface area contributed by atoms with Gasteiger partial charge >= 0.3 is 5.97 Å². The summed E-state index contributed by atoms with van der Waals surface area (Å²) in [6, 6.07) is 13.1. The van der Waals surface area contributed by atoms with E-state index in [0.717, 1.165) is 11.1 Å². The van der Waals surface area contributed by atoms with Crippen LogP contribution in [0.3, 0.4) is 0 Å². The van der Waals surface area contributed by atoms with Gasteiger partial charge in [0.05, 0.1) is 43.6 Å². The molecule has 0 N–H and O–H groups in total. The van der Waals surface area contributed by atoms with Crippen molar-refractivity contribution in [3.05, 3.63) is 72.2 Å². The molecule has 0 bridgehead atoms. The van der Waals surface area contributed by atoms with Gasteiger partial charge in [0.15, 0.2) is 5.65 Å². The van der Waals surface area contributed by atoms with E-state index in [1.54, 1.807) is 36.4 Å². The third-order valence-corrected chi connectivity index (χ3v) is 4.48. The van der Waals surface area contributed by atoms with Crippen molar-refractivity contribution in [3.8, 4) is 17.0 Å². The van der Waals surface area contributed by atoms with Crippen LogP contribution in [0.4, 0.5) is 0 Å². The normalized spacial score (nSPS) is 10.8. The van der Waals surface area contributed by atoms with Crippen molar-refractivity contribution in [3.63, 3.8) is 0 Å². The zero-order valence-electron chi connectivity index (χ0n) is 15.5. The van der Waals surface area contributed by atoms with Gasteiger partial charge in [0.2, 0.25) is 0 Å². The number of nitrogens with zero attached hydrogens (tertiary/aromatic N) is 4. The number of pyridine rings is 2. The number of rotatable bonds is 5. The Morgan fingerprint density at radius 1 is 1.11 bits per heavy atom. The highest BCUT2D eigenvalue weighted by Gasteiger charge is 2.19. The maximum absolute atomic E-state index is 12.4. The molecule has 3 heterocycles. The van der Waals surface area contributed by atoms with Crippen LogP contribution in [0.2, 0.25) is 0 Å². The van der Waals surface area contributed by atoms with Gasteiger partial charge in [-0.2, -0.15) is 5.10 Å². The average Bonchev–Trinajstić information content (AvgIpc) is 3.15. The Morgan fingerprint density at radius 2 is 1.89 bits per heavy atom. The first-order valence-corrected chi connectivity index (χ1v) is 8.68. The van der Waals surface area contributed by atoms with Crippen molar-refractivity contribution >= 4 is 17.0 Å². The van der Waals surface area contributed by atoms with Gasteiger partial charge < -0.3 is 9.47 Å². The SMILES string of the molecule is COC(=O)c1cc(-c2ccccc2OC)nc2c1cnn2Cc1ccncc1. The van der Waals surface area contributed by atoms with E-state index in [4.69, 9.17) is 14.5 Å². The summed E-state index contributed by atoms with van der Waals surface area (Å²) in [6.07, 6.45) is 5.10. The molecule has 28 heavy (non-hydrogen) atoms. The number of hydrogen-bond acceptors (Lipinski definition) is 6. The molecule has 0 saturated carbocycles. The molecule has 0 unspecified atom stereocenters. The Hall–Kier alpha value is -3.74. The zero-order valence-corrected chi connectivity index (χ0v) is 15.5. The number of ether oxygens (including phenoxy) is 2. The summed E-state index contributed by atoms with van der Waals surface area (Å²) >= 11 is 0. The Kier molecular flexibility index (Phi) is 4.72.